The number of carbonyl (C=O) groups is 2. The number of hydrogen-bond acceptors (Lipinski definition) is 6. The smallest absolute Gasteiger partial charge is 0.254 e. The Kier molecular flexibility index (Phi) is 7.85. The lowest BCUT2D eigenvalue weighted by Crippen LogP contribution is -2.44. The summed E-state index contributed by atoms with van der Waals surface area (Å²) in [5, 5.41) is 12.2. The molecule has 9 nitrogen and oxygen atoms in total. The monoisotopic (exact) mass is 474 g/mol. The lowest BCUT2D eigenvalue weighted by molar-refractivity contribution is -0.115. The van der Waals surface area contributed by atoms with E-state index in [2.05, 4.69) is 10.0 Å². The average Bonchev–Trinajstić information content (AvgIpc) is 3.56. The number of benzene rings is 2. The first-order valence-corrected chi connectivity index (χ1v) is 12.3. The van der Waals surface area contributed by atoms with Gasteiger partial charge in [0.2, 0.25) is 15.9 Å². The zero-order valence-corrected chi connectivity index (χ0v) is 19.5. The molecule has 0 radical (unpaired) electrons. The number of nitrogens with one attached hydrogen (secondary N) is 2. The van der Waals surface area contributed by atoms with Crippen LogP contribution < -0.4 is 15.8 Å². The Hall–Kier alpha value is -2.79. The Labute approximate surface area is 194 Å². The molecule has 1 fully saturated rings. The molecule has 1 aliphatic rings. The number of nitrogens with two attached hydrogens (primary N) is 1. The molecule has 0 spiro atoms. The first kappa shape index (κ1) is 24.8. The maximum absolute atomic E-state index is 12.5. The summed E-state index contributed by atoms with van der Waals surface area (Å²) in [6, 6.07) is 12.7. The van der Waals surface area contributed by atoms with Crippen molar-refractivity contribution in [2.75, 3.05) is 12.4 Å². The van der Waals surface area contributed by atoms with Gasteiger partial charge in [0.15, 0.2) is 0 Å². The Morgan fingerprint density at radius 3 is 2.27 bits per heavy atom. The van der Waals surface area contributed by atoms with Crippen LogP contribution in [0, 0.1) is 0 Å². The number of amides is 2. The molecule has 2 aromatic carbocycles. The maximum Gasteiger partial charge on any atom is 0.254 e. The van der Waals surface area contributed by atoms with E-state index in [1.807, 2.05) is 0 Å². The second kappa shape index (κ2) is 10.4. The number of anilines is 1. The maximum atomic E-state index is 12.5. The first-order valence-electron chi connectivity index (χ1n) is 10.8. The first-order chi connectivity index (χ1) is 15.5. The minimum Gasteiger partial charge on any atom is -0.393 e. The molecule has 1 aliphatic carbocycles. The van der Waals surface area contributed by atoms with E-state index >= 15 is 0 Å². The van der Waals surface area contributed by atoms with Crippen LogP contribution in [0.4, 0.5) is 5.69 Å². The fraction of sp³-hybridized carbons (Fsp3) is 0.391. The number of hydrogen-bond donors (Lipinski definition) is 4. The molecule has 2 atom stereocenters. The van der Waals surface area contributed by atoms with E-state index in [0.717, 1.165) is 12.8 Å². The molecule has 0 aliphatic heterocycles. The molecule has 3 rings (SSSR count). The second-order valence-electron chi connectivity index (χ2n) is 8.41. The van der Waals surface area contributed by atoms with Gasteiger partial charge in [0.1, 0.15) is 0 Å². The zero-order chi connectivity index (χ0) is 24.2. The molecule has 0 heterocycles. The highest BCUT2D eigenvalue weighted by Gasteiger charge is 2.27. The number of rotatable bonds is 10. The Bertz CT molecular complexity index is 1080. The summed E-state index contributed by atoms with van der Waals surface area (Å²) in [7, 11) is -1.95. The minimum absolute atomic E-state index is 0.0310. The number of aliphatic hydroxyl groups is 1. The van der Waals surface area contributed by atoms with Gasteiger partial charge < -0.3 is 21.1 Å². The van der Waals surface area contributed by atoms with Crippen molar-refractivity contribution >= 4 is 27.5 Å². The molecular weight excluding hydrogens is 444 g/mol. The van der Waals surface area contributed by atoms with E-state index in [9.17, 15) is 23.1 Å². The second-order valence-corrected chi connectivity index (χ2v) is 10.1. The lowest BCUT2D eigenvalue weighted by atomic mass is 10.1. The van der Waals surface area contributed by atoms with E-state index < -0.39 is 22.3 Å². The fourth-order valence-electron chi connectivity index (χ4n) is 3.22. The third-order valence-corrected chi connectivity index (χ3v) is 6.85. The number of carbonyl (C=O) groups excluding carboxylic acids is 2. The average molecular weight is 475 g/mol. The SMILES string of the molecule is CC(O)CC(N)N(C)C(=O)c1ccc(NC(=O)Cc2ccc(S(=O)(=O)NC3CC3)cc2)cc1. The molecule has 178 valence electrons. The molecule has 1 saturated carbocycles. The van der Waals surface area contributed by atoms with Crippen molar-refractivity contribution < 1.29 is 23.1 Å². The normalized spacial score (nSPS) is 15.5. The molecule has 2 aromatic rings. The summed E-state index contributed by atoms with van der Waals surface area (Å²) >= 11 is 0. The highest BCUT2D eigenvalue weighted by atomic mass is 32.2. The van der Waals surface area contributed by atoms with Crippen LogP contribution in [0.15, 0.2) is 53.4 Å². The third-order valence-electron chi connectivity index (χ3n) is 5.31. The van der Waals surface area contributed by atoms with Crippen LogP contribution in [0.1, 0.15) is 42.1 Å². The van der Waals surface area contributed by atoms with Gasteiger partial charge in [0, 0.05) is 30.8 Å². The van der Waals surface area contributed by atoms with Crippen LogP contribution in [0.3, 0.4) is 0 Å². The Balaban J connectivity index is 1.54. The molecule has 0 saturated heterocycles. The summed E-state index contributed by atoms with van der Waals surface area (Å²) in [5.41, 5.74) is 7.55. The minimum atomic E-state index is -3.52. The van der Waals surface area contributed by atoms with Crippen molar-refractivity contribution in [2.24, 2.45) is 5.73 Å². The van der Waals surface area contributed by atoms with Crippen LogP contribution >= 0.6 is 0 Å². The highest BCUT2D eigenvalue weighted by molar-refractivity contribution is 7.89. The van der Waals surface area contributed by atoms with Gasteiger partial charge in [-0.1, -0.05) is 12.1 Å². The fourth-order valence-corrected chi connectivity index (χ4v) is 4.53. The molecule has 2 unspecified atom stereocenters. The summed E-state index contributed by atoms with van der Waals surface area (Å²) in [5.74, 6) is -0.552. The summed E-state index contributed by atoms with van der Waals surface area (Å²) < 4.78 is 27.1. The van der Waals surface area contributed by atoms with Crippen LogP contribution in [-0.4, -0.2) is 55.6 Å². The van der Waals surface area contributed by atoms with Gasteiger partial charge >= 0.3 is 0 Å². The van der Waals surface area contributed by atoms with Gasteiger partial charge in [0.25, 0.3) is 5.91 Å². The van der Waals surface area contributed by atoms with E-state index in [-0.39, 0.29) is 35.6 Å². The topological polar surface area (TPSA) is 142 Å². The predicted molar refractivity (Wildman–Crippen MR) is 125 cm³/mol. The number of aliphatic hydroxyl groups excluding tert-OH is 1. The van der Waals surface area contributed by atoms with Crippen LogP contribution in [0.2, 0.25) is 0 Å². The van der Waals surface area contributed by atoms with Gasteiger partial charge in [0.05, 0.1) is 23.6 Å². The molecule has 5 N–H and O–H groups in total. The van der Waals surface area contributed by atoms with Crippen molar-refractivity contribution in [1.29, 1.82) is 0 Å². The third kappa shape index (κ3) is 7.10. The van der Waals surface area contributed by atoms with Gasteiger partial charge in [-0.15, -0.1) is 0 Å². The van der Waals surface area contributed by atoms with E-state index in [1.165, 1.54) is 17.0 Å². The van der Waals surface area contributed by atoms with Crippen LogP contribution in [0.5, 0.6) is 0 Å². The summed E-state index contributed by atoms with van der Waals surface area (Å²) in [4.78, 5) is 26.5. The van der Waals surface area contributed by atoms with Crippen molar-refractivity contribution in [3.8, 4) is 0 Å². The van der Waals surface area contributed by atoms with Gasteiger partial charge in [-0.2, -0.15) is 0 Å². The van der Waals surface area contributed by atoms with E-state index in [4.69, 9.17) is 5.73 Å². The molecule has 0 bridgehead atoms. The van der Waals surface area contributed by atoms with E-state index in [1.54, 1.807) is 50.4 Å². The van der Waals surface area contributed by atoms with Crippen molar-refractivity contribution in [1.82, 2.24) is 9.62 Å². The van der Waals surface area contributed by atoms with Gasteiger partial charge in [-0.25, -0.2) is 13.1 Å². The molecule has 33 heavy (non-hydrogen) atoms. The van der Waals surface area contributed by atoms with Crippen molar-refractivity contribution in [3.05, 3.63) is 59.7 Å². The van der Waals surface area contributed by atoms with Gasteiger partial charge in [-0.05, 0) is 61.7 Å². The van der Waals surface area contributed by atoms with Crippen molar-refractivity contribution in [2.45, 2.75) is 55.8 Å². The standard InChI is InChI=1S/C23H30N4O5S/c1-15(28)13-21(24)27(2)23(30)17-5-7-18(8-6-17)25-22(29)14-16-3-11-20(12-4-16)33(31,32)26-19-9-10-19/h3-8,11-12,15,19,21,26,28H,9-10,13-14,24H2,1-2H3,(H,25,29). The summed E-state index contributed by atoms with van der Waals surface area (Å²) in [6.45, 7) is 1.61. The van der Waals surface area contributed by atoms with Crippen LogP contribution in [0.25, 0.3) is 0 Å². The molecule has 0 aromatic heterocycles. The molecule has 2 amide bonds. The van der Waals surface area contributed by atoms with E-state index in [0.29, 0.717) is 16.8 Å². The Morgan fingerprint density at radius 2 is 1.73 bits per heavy atom. The number of nitrogens with zero attached hydrogens (tertiary/aromatic N) is 1. The summed E-state index contributed by atoms with van der Waals surface area (Å²) in [6.07, 6.45) is 0.837. The van der Waals surface area contributed by atoms with Gasteiger partial charge in [-0.3, -0.25) is 9.59 Å². The molecular formula is C23H30N4O5S. The zero-order valence-electron chi connectivity index (χ0n) is 18.7. The Morgan fingerprint density at radius 1 is 1.12 bits per heavy atom. The molecule has 10 heteroatoms. The highest BCUT2D eigenvalue weighted by Crippen LogP contribution is 2.22. The quantitative estimate of drug-likeness (QED) is 0.384. The van der Waals surface area contributed by atoms with Crippen LogP contribution in [-0.2, 0) is 21.2 Å². The predicted octanol–water partition coefficient (Wildman–Crippen LogP) is 1.44. The van der Waals surface area contributed by atoms with Crippen molar-refractivity contribution in [3.63, 3.8) is 0 Å². The lowest BCUT2D eigenvalue weighted by Gasteiger charge is -2.25. The number of sulfonamides is 1. The largest absolute Gasteiger partial charge is 0.393 e.